The summed E-state index contributed by atoms with van der Waals surface area (Å²) < 4.78 is 1.63. The Hall–Kier alpha value is -2.21. The van der Waals surface area contributed by atoms with Crippen molar-refractivity contribution in [3.63, 3.8) is 0 Å². The first-order valence-electron chi connectivity index (χ1n) is 7.51. The van der Waals surface area contributed by atoms with Gasteiger partial charge in [-0.15, -0.1) is 0 Å². The molecule has 116 valence electrons. The lowest BCUT2D eigenvalue weighted by Crippen LogP contribution is -2.48. The maximum Gasteiger partial charge on any atom is 0.244 e. The molecule has 3 heterocycles. The highest BCUT2D eigenvalue weighted by atomic mass is 16.3. The number of rotatable bonds is 4. The van der Waals surface area contributed by atoms with Crippen molar-refractivity contribution in [2.45, 2.75) is 31.4 Å². The van der Waals surface area contributed by atoms with Crippen LogP contribution in [0.5, 0.6) is 0 Å². The highest BCUT2D eigenvalue weighted by Crippen LogP contribution is 2.26. The molecule has 0 spiro atoms. The number of pyridine rings is 1. The fourth-order valence-corrected chi connectivity index (χ4v) is 2.86. The zero-order chi connectivity index (χ0) is 15.4. The minimum Gasteiger partial charge on any atom is -0.389 e. The number of nitrogens with zero attached hydrogens (tertiary/aromatic N) is 4. The third-order valence-corrected chi connectivity index (χ3v) is 4.19. The molecule has 0 saturated carbocycles. The second-order valence-electron chi connectivity index (χ2n) is 5.84. The fraction of sp³-hybridized carbons (Fsp3) is 0.438. The lowest BCUT2D eigenvalue weighted by Gasteiger charge is -2.38. The Bertz CT molecular complexity index is 604. The first-order chi connectivity index (χ1) is 10.6. The Morgan fingerprint density at radius 2 is 1.95 bits per heavy atom. The number of carbonyl (C=O) groups is 1. The van der Waals surface area contributed by atoms with E-state index in [0.29, 0.717) is 32.4 Å². The molecule has 1 N–H and O–H groups in total. The normalized spacial score (nSPS) is 17.4. The Labute approximate surface area is 129 Å². The van der Waals surface area contributed by atoms with Gasteiger partial charge < -0.3 is 10.0 Å². The molecule has 22 heavy (non-hydrogen) atoms. The zero-order valence-electron chi connectivity index (χ0n) is 12.4. The van der Waals surface area contributed by atoms with Crippen molar-refractivity contribution in [2.24, 2.45) is 0 Å². The van der Waals surface area contributed by atoms with Crippen LogP contribution in [0.2, 0.25) is 0 Å². The fourth-order valence-electron chi connectivity index (χ4n) is 2.86. The highest BCUT2D eigenvalue weighted by molar-refractivity contribution is 5.76. The van der Waals surface area contributed by atoms with Crippen LogP contribution in [0.15, 0.2) is 43.0 Å². The number of aliphatic hydroxyl groups is 1. The van der Waals surface area contributed by atoms with E-state index in [9.17, 15) is 9.90 Å². The molecule has 2 aromatic heterocycles. The summed E-state index contributed by atoms with van der Waals surface area (Å²) in [5.41, 5.74) is 0.345. The van der Waals surface area contributed by atoms with Crippen LogP contribution in [0.25, 0.3) is 0 Å². The summed E-state index contributed by atoms with van der Waals surface area (Å²) in [4.78, 5) is 18.0. The van der Waals surface area contributed by atoms with E-state index < -0.39 is 5.60 Å². The molecule has 1 amide bonds. The van der Waals surface area contributed by atoms with Gasteiger partial charge in [-0.25, -0.2) is 0 Å². The summed E-state index contributed by atoms with van der Waals surface area (Å²) in [6.07, 6.45) is 8.72. The van der Waals surface area contributed by atoms with E-state index in [2.05, 4.69) is 10.1 Å². The molecular weight excluding hydrogens is 280 g/mol. The van der Waals surface area contributed by atoms with Gasteiger partial charge in [-0.2, -0.15) is 5.10 Å². The molecule has 1 aliphatic heterocycles. The predicted molar refractivity (Wildman–Crippen MR) is 80.9 cm³/mol. The summed E-state index contributed by atoms with van der Waals surface area (Å²) in [5, 5.41) is 14.8. The molecule has 0 radical (unpaired) electrons. The third kappa shape index (κ3) is 3.51. The number of piperidine rings is 1. The van der Waals surface area contributed by atoms with E-state index in [1.165, 1.54) is 0 Å². The number of hydrogen-bond acceptors (Lipinski definition) is 4. The van der Waals surface area contributed by atoms with Crippen molar-refractivity contribution in [2.75, 3.05) is 13.1 Å². The van der Waals surface area contributed by atoms with Gasteiger partial charge in [0.05, 0.1) is 5.60 Å². The molecule has 1 saturated heterocycles. The number of hydrogen-bond donors (Lipinski definition) is 1. The summed E-state index contributed by atoms with van der Waals surface area (Å²) in [6.45, 7) is 1.43. The molecule has 1 aliphatic rings. The van der Waals surface area contributed by atoms with Crippen molar-refractivity contribution in [1.82, 2.24) is 19.7 Å². The molecular formula is C16H20N4O2. The van der Waals surface area contributed by atoms with Gasteiger partial charge in [0, 0.05) is 44.3 Å². The predicted octanol–water partition coefficient (Wildman–Crippen LogP) is 0.874. The maximum absolute atomic E-state index is 12.2. The van der Waals surface area contributed by atoms with Crippen LogP contribution in [0.4, 0.5) is 0 Å². The number of aromatic nitrogens is 3. The largest absolute Gasteiger partial charge is 0.389 e. The van der Waals surface area contributed by atoms with Crippen molar-refractivity contribution in [1.29, 1.82) is 0 Å². The van der Waals surface area contributed by atoms with Crippen molar-refractivity contribution >= 4 is 5.91 Å². The van der Waals surface area contributed by atoms with Crippen LogP contribution < -0.4 is 0 Å². The zero-order valence-corrected chi connectivity index (χ0v) is 12.4. The molecule has 0 aliphatic carbocycles. The van der Waals surface area contributed by atoms with E-state index in [1.54, 1.807) is 35.5 Å². The SMILES string of the molecule is O=C(Cn1cccn1)N1CCC(O)(Cc2ccncc2)CC1. The number of amides is 1. The maximum atomic E-state index is 12.2. The average Bonchev–Trinajstić information content (AvgIpc) is 3.01. The Balaban J connectivity index is 1.54. The minimum atomic E-state index is -0.732. The molecule has 0 aromatic carbocycles. The van der Waals surface area contributed by atoms with Gasteiger partial charge in [0.25, 0.3) is 0 Å². The lowest BCUT2D eigenvalue weighted by molar-refractivity contribution is -0.136. The second kappa shape index (κ2) is 6.27. The molecule has 0 unspecified atom stereocenters. The summed E-state index contributed by atoms with van der Waals surface area (Å²) >= 11 is 0. The van der Waals surface area contributed by atoms with Gasteiger partial charge in [0.15, 0.2) is 0 Å². The molecule has 3 rings (SSSR count). The number of likely N-dealkylation sites (tertiary alicyclic amines) is 1. The molecule has 0 bridgehead atoms. The van der Waals surface area contributed by atoms with E-state index in [-0.39, 0.29) is 12.5 Å². The highest BCUT2D eigenvalue weighted by Gasteiger charge is 2.33. The summed E-state index contributed by atoms with van der Waals surface area (Å²) in [7, 11) is 0. The van der Waals surface area contributed by atoms with Gasteiger partial charge in [0.1, 0.15) is 6.54 Å². The van der Waals surface area contributed by atoms with Crippen LogP contribution in [0.3, 0.4) is 0 Å². The smallest absolute Gasteiger partial charge is 0.244 e. The molecule has 1 fully saturated rings. The first kappa shape index (κ1) is 14.7. The lowest BCUT2D eigenvalue weighted by atomic mass is 9.85. The number of carbonyl (C=O) groups excluding carboxylic acids is 1. The molecule has 0 atom stereocenters. The second-order valence-corrected chi connectivity index (χ2v) is 5.84. The van der Waals surface area contributed by atoms with E-state index >= 15 is 0 Å². The van der Waals surface area contributed by atoms with Gasteiger partial charge >= 0.3 is 0 Å². The van der Waals surface area contributed by atoms with Crippen LogP contribution >= 0.6 is 0 Å². The average molecular weight is 300 g/mol. The summed E-state index contributed by atoms with van der Waals surface area (Å²) in [6, 6.07) is 5.65. The molecule has 2 aromatic rings. The summed E-state index contributed by atoms with van der Waals surface area (Å²) in [5.74, 6) is 0.0506. The monoisotopic (exact) mass is 300 g/mol. The van der Waals surface area contributed by atoms with Gasteiger partial charge in [0.2, 0.25) is 5.91 Å². The van der Waals surface area contributed by atoms with Gasteiger partial charge in [-0.1, -0.05) is 0 Å². The van der Waals surface area contributed by atoms with E-state index in [1.807, 2.05) is 17.0 Å². The van der Waals surface area contributed by atoms with Gasteiger partial charge in [-0.05, 0) is 36.6 Å². The standard InChI is InChI=1S/C16H20N4O2/c21-15(13-20-9-1-6-18-20)19-10-4-16(22,5-11-19)12-14-2-7-17-8-3-14/h1-3,6-9,22H,4-5,10-13H2. The van der Waals surface area contributed by atoms with Crippen molar-refractivity contribution in [3.05, 3.63) is 48.5 Å². The quantitative estimate of drug-likeness (QED) is 0.909. The van der Waals surface area contributed by atoms with Crippen LogP contribution in [0.1, 0.15) is 18.4 Å². The Morgan fingerprint density at radius 1 is 1.23 bits per heavy atom. The molecule has 6 heteroatoms. The van der Waals surface area contributed by atoms with Crippen LogP contribution in [0, 0.1) is 0 Å². The topological polar surface area (TPSA) is 71.2 Å². The van der Waals surface area contributed by atoms with Crippen molar-refractivity contribution in [3.8, 4) is 0 Å². The van der Waals surface area contributed by atoms with E-state index in [4.69, 9.17) is 0 Å². The Morgan fingerprint density at radius 3 is 2.59 bits per heavy atom. The van der Waals surface area contributed by atoms with E-state index in [0.717, 1.165) is 5.56 Å². The van der Waals surface area contributed by atoms with Crippen LogP contribution in [-0.4, -0.2) is 49.4 Å². The van der Waals surface area contributed by atoms with Crippen molar-refractivity contribution < 1.29 is 9.90 Å². The van der Waals surface area contributed by atoms with Gasteiger partial charge in [-0.3, -0.25) is 14.5 Å². The minimum absolute atomic E-state index is 0.0506. The first-order valence-corrected chi connectivity index (χ1v) is 7.51. The third-order valence-electron chi connectivity index (χ3n) is 4.19. The van der Waals surface area contributed by atoms with Crippen LogP contribution in [-0.2, 0) is 17.8 Å². The Kier molecular flexibility index (Phi) is 4.20. The molecule has 6 nitrogen and oxygen atoms in total.